The fourth-order valence-corrected chi connectivity index (χ4v) is 1.24. The van der Waals surface area contributed by atoms with Crippen molar-refractivity contribution in [2.75, 3.05) is 26.1 Å². The molecule has 1 aromatic heterocycles. The van der Waals surface area contributed by atoms with E-state index in [0.29, 0.717) is 19.0 Å². The highest BCUT2D eigenvalue weighted by molar-refractivity contribution is 5.35. The van der Waals surface area contributed by atoms with Gasteiger partial charge in [0.05, 0.1) is 12.3 Å². The van der Waals surface area contributed by atoms with Gasteiger partial charge < -0.3 is 14.8 Å². The second-order valence-electron chi connectivity index (χ2n) is 3.06. The lowest BCUT2D eigenvalue weighted by Gasteiger charge is -2.07. The molecule has 5 nitrogen and oxygen atoms in total. The summed E-state index contributed by atoms with van der Waals surface area (Å²) in [6.45, 7) is 3.75. The average molecular weight is 211 g/mol. The average Bonchev–Trinajstić information content (AvgIpc) is 2.19. The molecule has 0 fully saturated rings. The quantitative estimate of drug-likeness (QED) is 0.766. The van der Waals surface area contributed by atoms with E-state index in [1.807, 2.05) is 13.0 Å². The summed E-state index contributed by atoms with van der Waals surface area (Å²) in [7, 11) is 3.27. The van der Waals surface area contributed by atoms with E-state index in [1.54, 1.807) is 14.2 Å². The Balaban J connectivity index is 2.86. The lowest BCUT2D eigenvalue weighted by Crippen LogP contribution is -2.07. The zero-order valence-corrected chi connectivity index (χ0v) is 9.41. The first-order valence-corrected chi connectivity index (χ1v) is 4.88. The van der Waals surface area contributed by atoms with E-state index in [9.17, 15) is 0 Å². The van der Waals surface area contributed by atoms with Gasteiger partial charge >= 0.3 is 0 Å². The molecule has 0 bridgehead atoms. The number of rotatable bonds is 6. The molecule has 0 spiro atoms. The van der Waals surface area contributed by atoms with Gasteiger partial charge in [-0.25, -0.2) is 9.97 Å². The normalized spacial score (nSPS) is 10.3. The largest absolute Gasteiger partial charge is 0.378 e. The topological polar surface area (TPSA) is 56.3 Å². The van der Waals surface area contributed by atoms with Gasteiger partial charge in [0.15, 0.2) is 5.82 Å². The minimum absolute atomic E-state index is 0.413. The van der Waals surface area contributed by atoms with Crippen LogP contribution >= 0.6 is 0 Å². The van der Waals surface area contributed by atoms with Crippen LogP contribution in [0, 0.1) is 0 Å². The highest BCUT2D eigenvalue weighted by Crippen LogP contribution is 2.08. The molecular formula is C10H17N3O2. The summed E-state index contributed by atoms with van der Waals surface area (Å²) in [4.78, 5) is 8.59. The van der Waals surface area contributed by atoms with E-state index in [4.69, 9.17) is 9.47 Å². The first kappa shape index (κ1) is 11.9. The number of anilines is 1. The van der Waals surface area contributed by atoms with Crippen LogP contribution in [0.4, 0.5) is 5.82 Å². The summed E-state index contributed by atoms with van der Waals surface area (Å²) in [5.41, 5.74) is 0.857. The predicted molar refractivity (Wildman–Crippen MR) is 57.6 cm³/mol. The number of nitrogens with one attached hydrogen (secondary N) is 1. The summed E-state index contributed by atoms with van der Waals surface area (Å²) in [6.07, 6.45) is 0. The maximum atomic E-state index is 5.04. The number of ether oxygens (including phenoxy) is 2. The third kappa shape index (κ3) is 3.81. The lowest BCUT2D eigenvalue weighted by atomic mass is 10.4. The molecule has 15 heavy (non-hydrogen) atoms. The molecule has 84 valence electrons. The van der Waals surface area contributed by atoms with Crippen LogP contribution in [0.3, 0.4) is 0 Å². The molecule has 0 saturated carbocycles. The summed E-state index contributed by atoms with van der Waals surface area (Å²) in [6, 6.07) is 1.88. The van der Waals surface area contributed by atoms with Gasteiger partial charge in [-0.3, -0.25) is 0 Å². The van der Waals surface area contributed by atoms with Crippen LogP contribution in [-0.4, -0.2) is 30.7 Å². The maximum absolute atomic E-state index is 5.04. The third-order valence-electron chi connectivity index (χ3n) is 1.75. The van der Waals surface area contributed by atoms with Crippen molar-refractivity contribution >= 4 is 5.82 Å². The molecular weight excluding hydrogens is 194 g/mol. The molecule has 1 rings (SSSR count). The zero-order valence-electron chi connectivity index (χ0n) is 9.41. The monoisotopic (exact) mass is 211 g/mol. The second-order valence-corrected chi connectivity index (χ2v) is 3.06. The molecule has 5 heteroatoms. The number of methoxy groups -OCH3 is 2. The van der Waals surface area contributed by atoms with Crippen LogP contribution in [0.1, 0.15) is 18.4 Å². The summed E-state index contributed by atoms with van der Waals surface area (Å²) in [5.74, 6) is 1.48. The fraction of sp³-hybridized carbons (Fsp3) is 0.600. The summed E-state index contributed by atoms with van der Waals surface area (Å²) < 4.78 is 10.0. The Labute approximate surface area is 89.8 Å². The van der Waals surface area contributed by atoms with E-state index >= 15 is 0 Å². The minimum atomic E-state index is 0.413. The Morgan fingerprint density at radius 2 is 1.93 bits per heavy atom. The summed E-state index contributed by atoms with van der Waals surface area (Å²) >= 11 is 0. The van der Waals surface area contributed by atoms with Crippen molar-refractivity contribution in [1.29, 1.82) is 0 Å². The van der Waals surface area contributed by atoms with Crippen molar-refractivity contribution in [2.24, 2.45) is 0 Å². The molecule has 0 saturated heterocycles. The highest BCUT2D eigenvalue weighted by Gasteiger charge is 2.03. The Bertz CT molecular complexity index is 245. The smallest absolute Gasteiger partial charge is 0.156 e. The Hall–Kier alpha value is -1.20. The second kappa shape index (κ2) is 6.31. The van der Waals surface area contributed by atoms with Crippen LogP contribution in [-0.2, 0) is 22.7 Å². The Kier molecular flexibility index (Phi) is 5.00. The predicted octanol–water partition coefficient (Wildman–Crippen LogP) is 1.20. The molecule has 0 aliphatic rings. The van der Waals surface area contributed by atoms with Crippen molar-refractivity contribution in [1.82, 2.24) is 9.97 Å². The first-order valence-electron chi connectivity index (χ1n) is 4.88. The molecule has 0 aromatic carbocycles. The van der Waals surface area contributed by atoms with Gasteiger partial charge in [0.1, 0.15) is 12.4 Å². The van der Waals surface area contributed by atoms with E-state index in [0.717, 1.165) is 18.1 Å². The first-order chi connectivity index (χ1) is 7.30. The van der Waals surface area contributed by atoms with Crippen LogP contribution in [0.5, 0.6) is 0 Å². The van der Waals surface area contributed by atoms with Crippen molar-refractivity contribution in [3.8, 4) is 0 Å². The molecule has 0 radical (unpaired) electrons. The standard InChI is InChI=1S/C10H17N3O2/c1-4-11-9-5-8(6-14-2)12-10(13-9)7-15-3/h5H,4,6-7H2,1-3H3,(H,11,12,13). The fourth-order valence-electron chi connectivity index (χ4n) is 1.24. The number of aromatic nitrogens is 2. The van der Waals surface area contributed by atoms with Crippen molar-refractivity contribution in [3.05, 3.63) is 17.6 Å². The van der Waals surface area contributed by atoms with Crippen LogP contribution in [0.2, 0.25) is 0 Å². The molecule has 0 atom stereocenters. The van der Waals surface area contributed by atoms with Gasteiger partial charge in [0.2, 0.25) is 0 Å². The molecule has 1 heterocycles. The molecule has 0 aliphatic carbocycles. The van der Waals surface area contributed by atoms with Gasteiger partial charge in [-0.05, 0) is 6.92 Å². The van der Waals surface area contributed by atoms with Gasteiger partial charge in [-0.1, -0.05) is 0 Å². The van der Waals surface area contributed by atoms with Gasteiger partial charge in [-0.15, -0.1) is 0 Å². The maximum Gasteiger partial charge on any atom is 0.156 e. The minimum Gasteiger partial charge on any atom is -0.378 e. The molecule has 0 amide bonds. The van der Waals surface area contributed by atoms with E-state index < -0.39 is 0 Å². The Morgan fingerprint density at radius 1 is 1.20 bits per heavy atom. The molecule has 0 unspecified atom stereocenters. The number of hydrogen-bond donors (Lipinski definition) is 1. The van der Waals surface area contributed by atoms with Gasteiger partial charge in [-0.2, -0.15) is 0 Å². The molecule has 1 N–H and O–H groups in total. The summed E-state index contributed by atoms with van der Waals surface area (Å²) in [5, 5.41) is 3.14. The lowest BCUT2D eigenvalue weighted by molar-refractivity contribution is 0.170. The van der Waals surface area contributed by atoms with Crippen LogP contribution in [0.25, 0.3) is 0 Å². The van der Waals surface area contributed by atoms with Crippen molar-refractivity contribution in [3.63, 3.8) is 0 Å². The molecule has 0 aliphatic heterocycles. The molecule has 1 aromatic rings. The highest BCUT2D eigenvalue weighted by atomic mass is 16.5. The van der Waals surface area contributed by atoms with Gasteiger partial charge in [0, 0.05) is 26.8 Å². The van der Waals surface area contributed by atoms with Crippen LogP contribution < -0.4 is 5.32 Å². The van der Waals surface area contributed by atoms with E-state index in [2.05, 4.69) is 15.3 Å². The van der Waals surface area contributed by atoms with Crippen molar-refractivity contribution in [2.45, 2.75) is 20.1 Å². The van der Waals surface area contributed by atoms with Crippen LogP contribution in [0.15, 0.2) is 6.07 Å². The van der Waals surface area contributed by atoms with E-state index in [-0.39, 0.29) is 0 Å². The van der Waals surface area contributed by atoms with Gasteiger partial charge in [0.25, 0.3) is 0 Å². The Morgan fingerprint density at radius 3 is 2.53 bits per heavy atom. The number of hydrogen-bond acceptors (Lipinski definition) is 5. The third-order valence-corrected chi connectivity index (χ3v) is 1.75. The zero-order chi connectivity index (χ0) is 11.1. The van der Waals surface area contributed by atoms with E-state index in [1.165, 1.54) is 0 Å². The SMILES string of the molecule is CCNc1cc(COC)nc(COC)n1. The number of nitrogens with zero attached hydrogens (tertiary/aromatic N) is 2. The van der Waals surface area contributed by atoms with Crippen molar-refractivity contribution < 1.29 is 9.47 Å².